The second-order valence-corrected chi connectivity index (χ2v) is 7.17. The SMILES string of the molecule is Cc1nnc(C2CCN(C(=O)CCc3cc4ccc(F)cc4[nH]c3=O)CC2)o1. The fourth-order valence-electron chi connectivity index (χ4n) is 3.66. The number of hydrogen-bond acceptors (Lipinski definition) is 5. The molecule has 3 aromatic rings. The molecule has 0 radical (unpaired) electrons. The van der Waals surface area contributed by atoms with E-state index in [1.807, 2.05) is 4.90 Å². The van der Waals surface area contributed by atoms with Gasteiger partial charge in [-0.25, -0.2) is 4.39 Å². The molecule has 2 aromatic heterocycles. The topological polar surface area (TPSA) is 92.1 Å². The molecule has 8 heteroatoms. The molecule has 0 unspecified atom stereocenters. The predicted octanol–water partition coefficient (Wildman–Crippen LogP) is 2.70. The first kappa shape index (κ1) is 18.3. The molecule has 1 amide bonds. The van der Waals surface area contributed by atoms with Crippen LogP contribution in [0.1, 0.15) is 42.5 Å². The molecule has 146 valence electrons. The minimum Gasteiger partial charge on any atom is -0.425 e. The van der Waals surface area contributed by atoms with Crippen LogP contribution in [0, 0.1) is 12.7 Å². The Labute approximate surface area is 160 Å². The normalized spacial score (nSPS) is 15.3. The van der Waals surface area contributed by atoms with E-state index in [4.69, 9.17) is 4.42 Å². The average Bonchev–Trinajstić information content (AvgIpc) is 3.12. The zero-order valence-corrected chi connectivity index (χ0v) is 15.6. The third-order valence-corrected chi connectivity index (χ3v) is 5.23. The zero-order valence-electron chi connectivity index (χ0n) is 15.6. The van der Waals surface area contributed by atoms with Crippen LogP contribution in [0.3, 0.4) is 0 Å². The van der Waals surface area contributed by atoms with Crippen LogP contribution in [0.4, 0.5) is 4.39 Å². The van der Waals surface area contributed by atoms with Gasteiger partial charge in [-0.2, -0.15) is 0 Å². The van der Waals surface area contributed by atoms with Crippen molar-refractivity contribution in [1.29, 1.82) is 0 Å². The molecule has 1 fully saturated rings. The van der Waals surface area contributed by atoms with E-state index in [0.29, 0.717) is 42.4 Å². The van der Waals surface area contributed by atoms with Crippen molar-refractivity contribution in [3.05, 3.63) is 57.8 Å². The molecule has 7 nitrogen and oxygen atoms in total. The summed E-state index contributed by atoms with van der Waals surface area (Å²) in [7, 11) is 0. The molecule has 3 heterocycles. The number of aromatic nitrogens is 3. The number of likely N-dealkylation sites (tertiary alicyclic amines) is 1. The van der Waals surface area contributed by atoms with Crippen molar-refractivity contribution in [2.24, 2.45) is 0 Å². The number of hydrogen-bond donors (Lipinski definition) is 1. The van der Waals surface area contributed by atoms with E-state index >= 15 is 0 Å². The maximum Gasteiger partial charge on any atom is 0.251 e. The summed E-state index contributed by atoms with van der Waals surface area (Å²) in [6.07, 6.45) is 2.19. The summed E-state index contributed by atoms with van der Waals surface area (Å²) in [5.74, 6) is 1.01. The van der Waals surface area contributed by atoms with Gasteiger partial charge in [0, 0.05) is 37.9 Å². The largest absolute Gasteiger partial charge is 0.425 e. The molecule has 1 aromatic carbocycles. The van der Waals surface area contributed by atoms with E-state index in [0.717, 1.165) is 18.2 Å². The monoisotopic (exact) mass is 384 g/mol. The van der Waals surface area contributed by atoms with Gasteiger partial charge in [0.15, 0.2) is 0 Å². The number of halogens is 1. The fourth-order valence-corrected chi connectivity index (χ4v) is 3.66. The number of aryl methyl sites for hydroxylation is 2. The molecule has 0 aliphatic carbocycles. The molecule has 1 saturated heterocycles. The highest BCUT2D eigenvalue weighted by atomic mass is 19.1. The third-order valence-electron chi connectivity index (χ3n) is 5.23. The van der Waals surface area contributed by atoms with E-state index in [-0.39, 0.29) is 23.8 Å². The van der Waals surface area contributed by atoms with Gasteiger partial charge >= 0.3 is 0 Å². The second-order valence-electron chi connectivity index (χ2n) is 7.17. The van der Waals surface area contributed by atoms with Crippen LogP contribution in [-0.4, -0.2) is 39.1 Å². The highest BCUT2D eigenvalue weighted by Crippen LogP contribution is 2.27. The molecule has 1 aliphatic rings. The lowest BCUT2D eigenvalue weighted by atomic mass is 9.96. The minimum absolute atomic E-state index is 0.0266. The highest BCUT2D eigenvalue weighted by molar-refractivity contribution is 5.79. The van der Waals surface area contributed by atoms with Crippen LogP contribution < -0.4 is 5.56 Å². The van der Waals surface area contributed by atoms with Crippen molar-refractivity contribution in [2.45, 2.75) is 38.5 Å². The molecule has 4 rings (SSSR count). The molecule has 0 atom stereocenters. The number of fused-ring (bicyclic) bond motifs is 1. The summed E-state index contributed by atoms with van der Waals surface area (Å²) in [5, 5.41) is 8.69. The van der Waals surface area contributed by atoms with Gasteiger partial charge in [0.25, 0.3) is 5.56 Å². The summed E-state index contributed by atoms with van der Waals surface area (Å²) in [5.41, 5.74) is 0.707. The molecule has 0 saturated carbocycles. The first-order chi connectivity index (χ1) is 13.5. The van der Waals surface area contributed by atoms with E-state index < -0.39 is 5.82 Å². The Morgan fingerprint density at radius 1 is 1.29 bits per heavy atom. The zero-order chi connectivity index (χ0) is 19.7. The van der Waals surface area contributed by atoms with Crippen LogP contribution in [0.2, 0.25) is 0 Å². The molecule has 0 spiro atoms. The summed E-state index contributed by atoms with van der Waals surface area (Å²) in [6.45, 7) is 3.04. The van der Waals surface area contributed by atoms with E-state index in [1.54, 1.807) is 19.1 Å². The van der Waals surface area contributed by atoms with Crippen LogP contribution in [0.25, 0.3) is 10.9 Å². The van der Waals surface area contributed by atoms with Gasteiger partial charge in [0.1, 0.15) is 5.82 Å². The molecule has 0 bridgehead atoms. The standard InChI is InChI=1S/C20H21FN4O3/c1-12-23-24-20(28-12)13-6-8-25(9-7-13)18(26)5-3-15-10-14-2-4-16(21)11-17(14)22-19(15)27/h2,4,10-11,13H,3,5-9H2,1H3,(H,22,27). The number of carbonyl (C=O) groups excluding carboxylic acids is 1. The lowest BCUT2D eigenvalue weighted by Gasteiger charge is -2.30. The third kappa shape index (κ3) is 3.81. The van der Waals surface area contributed by atoms with Crippen molar-refractivity contribution in [3.63, 3.8) is 0 Å². The number of benzene rings is 1. The van der Waals surface area contributed by atoms with Crippen LogP contribution in [0.5, 0.6) is 0 Å². The Morgan fingerprint density at radius 2 is 2.07 bits per heavy atom. The van der Waals surface area contributed by atoms with E-state index in [9.17, 15) is 14.0 Å². The second kappa shape index (κ2) is 7.53. The van der Waals surface area contributed by atoms with Gasteiger partial charge in [-0.15, -0.1) is 10.2 Å². The van der Waals surface area contributed by atoms with Gasteiger partial charge in [0.05, 0.1) is 5.52 Å². The van der Waals surface area contributed by atoms with Gasteiger partial charge in [0.2, 0.25) is 17.7 Å². The first-order valence-electron chi connectivity index (χ1n) is 9.39. The van der Waals surface area contributed by atoms with Crippen molar-refractivity contribution < 1.29 is 13.6 Å². The van der Waals surface area contributed by atoms with Crippen molar-refractivity contribution in [1.82, 2.24) is 20.1 Å². The summed E-state index contributed by atoms with van der Waals surface area (Å²) in [4.78, 5) is 29.3. The Balaban J connectivity index is 1.36. The number of nitrogens with one attached hydrogen (secondary N) is 1. The summed E-state index contributed by atoms with van der Waals surface area (Å²) < 4.78 is 18.8. The molecule has 1 N–H and O–H groups in total. The van der Waals surface area contributed by atoms with Crippen LogP contribution in [0.15, 0.2) is 33.5 Å². The molecular weight excluding hydrogens is 363 g/mol. The predicted molar refractivity (Wildman–Crippen MR) is 100 cm³/mol. The first-order valence-corrected chi connectivity index (χ1v) is 9.39. The number of rotatable bonds is 4. The number of pyridine rings is 1. The Bertz CT molecular complexity index is 1070. The minimum atomic E-state index is -0.398. The number of amides is 1. The molecular formula is C20H21FN4O3. The van der Waals surface area contributed by atoms with Crippen molar-refractivity contribution >= 4 is 16.8 Å². The smallest absolute Gasteiger partial charge is 0.251 e. The number of aromatic amines is 1. The van der Waals surface area contributed by atoms with E-state index in [1.165, 1.54) is 12.1 Å². The Morgan fingerprint density at radius 3 is 2.79 bits per heavy atom. The number of nitrogens with zero attached hydrogens (tertiary/aromatic N) is 3. The van der Waals surface area contributed by atoms with Crippen molar-refractivity contribution in [3.8, 4) is 0 Å². The number of piperidine rings is 1. The van der Waals surface area contributed by atoms with Crippen LogP contribution in [-0.2, 0) is 11.2 Å². The molecule has 28 heavy (non-hydrogen) atoms. The van der Waals surface area contributed by atoms with Gasteiger partial charge < -0.3 is 14.3 Å². The van der Waals surface area contributed by atoms with Gasteiger partial charge in [-0.1, -0.05) is 0 Å². The van der Waals surface area contributed by atoms with Gasteiger partial charge in [-0.3, -0.25) is 9.59 Å². The Kier molecular flexibility index (Phi) is 4.93. The lowest BCUT2D eigenvalue weighted by molar-refractivity contribution is -0.132. The maximum absolute atomic E-state index is 13.3. The van der Waals surface area contributed by atoms with E-state index in [2.05, 4.69) is 15.2 Å². The van der Waals surface area contributed by atoms with Crippen LogP contribution >= 0.6 is 0 Å². The Hall–Kier alpha value is -3.03. The highest BCUT2D eigenvalue weighted by Gasteiger charge is 2.26. The van der Waals surface area contributed by atoms with Gasteiger partial charge in [-0.05, 0) is 48.9 Å². The number of H-pyrrole nitrogens is 1. The summed E-state index contributed by atoms with van der Waals surface area (Å²) >= 11 is 0. The average molecular weight is 384 g/mol. The number of carbonyl (C=O) groups is 1. The quantitative estimate of drug-likeness (QED) is 0.747. The molecule has 1 aliphatic heterocycles. The lowest BCUT2D eigenvalue weighted by Crippen LogP contribution is -2.38. The maximum atomic E-state index is 13.3. The summed E-state index contributed by atoms with van der Waals surface area (Å²) in [6, 6.07) is 5.99. The van der Waals surface area contributed by atoms with Crippen molar-refractivity contribution in [2.75, 3.05) is 13.1 Å². The fraction of sp³-hybridized carbons (Fsp3) is 0.400.